The van der Waals surface area contributed by atoms with Crippen molar-refractivity contribution in [3.8, 4) is 11.5 Å². The largest absolute Gasteiger partial charge is 0.450 e. The minimum absolute atomic E-state index is 0.0188. The minimum Gasteiger partial charge on any atom is -0.450 e. The number of nitrogens with one attached hydrogen (secondary N) is 2. The van der Waals surface area contributed by atoms with Crippen molar-refractivity contribution in [3.63, 3.8) is 0 Å². The number of halogens is 1. The van der Waals surface area contributed by atoms with E-state index >= 15 is 0 Å². The third-order valence-corrected chi connectivity index (χ3v) is 3.98. The summed E-state index contributed by atoms with van der Waals surface area (Å²) in [5.41, 5.74) is -0.193. The van der Waals surface area contributed by atoms with Crippen LogP contribution in [-0.4, -0.2) is 35.0 Å². The van der Waals surface area contributed by atoms with Crippen molar-refractivity contribution in [1.82, 2.24) is 10.6 Å². The van der Waals surface area contributed by atoms with Gasteiger partial charge in [-0.1, -0.05) is 11.6 Å². The van der Waals surface area contributed by atoms with Crippen LogP contribution in [0.25, 0.3) is 0 Å². The van der Waals surface area contributed by atoms with Crippen LogP contribution in [0.1, 0.15) is 31.1 Å². The molecule has 1 unspecified atom stereocenters. The number of carbonyl (C=O) groups excluding carboxylic acids is 3. The van der Waals surface area contributed by atoms with Crippen molar-refractivity contribution in [3.05, 3.63) is 63.2 Å². The zero-order chi connectivity index (χ0) is 23.1. The number of urea groups is 1. The van der Waals surface area contributed by atoms with Crippen LogP contribution in [0.15, 0.2) is 42.5 Å². The number of amides is 3. The summed E-state index contributed by atoms with van der Waals surface area (Å²) < 4.78 is 10.5. The lowest BCUT2D eigenvalue weighted by atomic mass is 10.2. The predicted molar refractivity (Wildman–Crippen MR) is 111 cm³/mol. The number of imide groups is 1. The van der Waals surface area contributed by atoms with Crippen molar-refractivity contribution in [2.75, 3.05) is 0 Å². The molecular formula is C20H20ClN3O7. The second-order valence-electron chi connectivity index (χ2n) is 6.66. The second-order valence-corrected chi connectivity index (χ2v) is 7.10. The summed E-state index contributed by atoms with van der Waals surface area (Å²) in [5.74, 6) is -1.36. The number of nitro benzene ring substituents is 1. The van der Waals surface area contributed by atoms with Gasteiger partial charge in [-0.05, 0) is 57.2 Å². The zero-order valence-electron chi connectivity index (χ0n) is 16.9. The van der Waals surface area contributed by atoms with Gasteiger partial charge < -0.3 is 14.8 Å². The molecule has 0 heterocycles. The Labute approximate surface area is 182 Å². The number of nitro groups is 1. The molecule has 0 aliphatic rings. The van der Waals surface area contributed by atoms with Crippen molar-refractivity contribution >= 4 is 35.2 Å². The van der Waals surface area contributed by atoms with Crippen LogP contribution >= 0.6 is 11.6 Å². The number of carbonyl (C=O) groups is 3. The van der Waals surface area contributed by atoms with Gasteiger partial charge in [0.25, 0.3) is 5.91 Å². The van der Waals surface area contributed by atoms with E-state index in [1.165, 1.54) is 43.3 Å². The molecule has 0 bridgehead atoms. The highest BCUT2D eigenvalue weighted by molar-refractivity contribution is 6.30. The van der Waals surface area contributed by atoms with Crippen molar-refractivity contribution in [2.24, 2.45) is 0 Å². The first-order chi connectivity index (χ1) is 14.6. The molecule has 10 nitrogen and oxygen atoms in total. The van der Waals surface area contributed by atoms with Gasteiger partial charge in [0.2, 0.25) is 5.75 Å². The number of hydrogen-bond acceptors (Lipinski definition) is 7. The Bertz CT molecular complexity index is 993. The Kier molecular flexibility index (Phi) is 7.92. The number of hydrogen-bond donors (Lipinski definition) is 2. The number of esters is 1. The lowest BCUT2D eigenvalue weighted by Gasteiger charge is -2.14. The highest BCUT2D eigenvalue weighted by Gasteiger charge is 2.21. The summed E-state index contributed by atoms with van der Waals surface area (Å²) in [4.78, 5) is 46.2. The van der Waals surface area contributed by atoms with Gasteiger partial charge in [0.1, 0.15) is 5.75 Å². The first-order valence-corrected chi connectivity index (χ1v) is 9.48. The van der Waals surface area contributed by atoms with Gasteiger partial charge >= 0.3 is 17.7 Å². The highest BCUT2D eigenvalue weighted by Crippen LogP contribution is 2.33. The molecule has 11 heteroatoms. The Hall–Kier alpha value is -3.66. The first-order valence-electron chi connectivity index (χ1n) is 9.11. The molecule has 2 aromatic carbocycles. The third-order valence-electron chi connectivity index (χ3n) is 3.75. The van der Waals surface area contributed by atoms with Gasteiger partial charge in [-0.15, -0.1) is 0 Å². The van der Waals surface area contributed by atoms with E-state index in [4.69, 9.17) is 21.1 Å². The third kappa shape index (κ3) is 6.96. The van der Waals surface area contributed by atoms with E-state index in [1.807, 2.05) is 0 Å². The molecule has 3 amide bonds. The van der Waals surface area contributed by atoms with Crippen LogP contribution < -0.4 is 15.4 Å². The maximum atomic E-state index is 12.2. The Morgan fingerprint density at radius 3 is 2.29 bits per heavy atom. The van der Waals surface area contributed by atoms with E-state index in [-0.39, 0.29) is 33.8 Å². The fraction of sp³-hybridized carbons (Fsp3) is 0.250. The quantitative estimate of drug-likeness (QED) is 0.372. The first kappa shape index (κ1) is 23.6. The smallest absolute Gasteiger partial charge is 0.338 e. The normalized spacial score (nSPS) is 11.4. The van der Waals surface area contributed by atoms with Gasteiger partial charge in [0.05, 0.1) is 10.5 Å². The maximum Gasteiger partial charge on any atom is 0.338 e. The summed E-state index contributed by atoms with van der Waals surface area (Å²) in [6, 6.07) is 8.68. The standard InChI is InChI=1S/C20H20ClN3O7/c1-11(2)22-20(27)23-18(25)12(3)30-19(26)13-4-7-15(8-5-13)31-17-9-6-14(21)10-16(17)24(28)29/h4-12H,1-3H3,(H2,22,23,25,27). The molecule has 0 radical (unpaired) electrons. The molecule has 0 aliphatic heterocycles. The average Bonchev–Trinajstić information content (AvgIpc) is 2.68. The van der Waals surface area contributed by atoms with Crippen molar-refractivity contribution < 1.29 is 28.8 Å². The van der Waals surface area contributed by atoms with Gasteiger partial charge in [-0.2, -0.15) is 0 Å². The van der Waals surface area contributed by atoms with Gasteiger partial charge in [0, 0.05) is 17.1 Å². The number of rotatable bonds is 7. The molecule has 2 N–H and O–H groups in total. The topological polar surface area (TPSA) is 137 Å². The van der Waals surface area contributed by atoms with Gasteiger partial charge in [-0.25, -0.2) is 9.59 Å². The fourth-order valence-corrected chi connectivity index (χ4v) is 2.47. The molecule has 0 spiro atoms. The molecule has 0 saturated carbocycles. The Morgan fingerprint density at radius 2 is 1.71 bits per heavy atom. The van der Waals surface area contributed by atoms with E-state index in [0.29, 0.717) is 0 Å². The Morgan fingerprint density at radius 1 is 1.06 bits per heavy atom. The predicted octanol–water partition coefficient (Wildman–Crippen LogP) is 3.82. The van der Waals surface area contributed by atoms with Crippen molar-refractivity contribution in [2.45, 2.75) is 32.9 Å². The highest BCUT2D eigenvalue weighted by atomic mass is 35.5. The number of benzene rings is 2. The summed E-state index contributed by atoms with van der Waals surface area (Å²) >= 11 is 5.77. The average molecular weight is 450 g/mol. The molecule has 0 saturated heterocycles. The molecule has 1 atom stereocenters. The summed E-state index contributed by atoms with van der Waals surface area (Å²) in [6.45, 7) is 4.78. The number of ether oxygens (including phenoxy) is 2. The van der Waals surface area contributed by atoms with Crippen LogP contribution in [-0.2, 0) is 9.53 Å². The van der Waals surface area contributed by atoms with Crippen LogP contribution in [0.5, 0.6) is 11.5 Å². The molecule has 2 aromatic rings. The molecule has 31 heavy (non-hydrogen) atoms. The minimum atomic E-state index is -1.21. The number of nitrogens with zero attached hydrogens (tertiary/aromatic N) is 1. The van der Waals surface area contributed by atoms with Crippen molar-refractivity contribution in [1.29, 1.82) is 0 Å². The van der Waals surface area contributed by atoms with Crippen LogP contribution in [0, 0.1) is 10.1 Å². The fourth-order valence-electron chi connectivity index (χ4n) is 2.30. The summed E-state index contributed by atoms with van der Waals surface area (Å²) in [5, 5.41) is 15.9. The summed E-state index contributed by atoms with van der Waals surface area (Å²) in [7, 11) is 0. The Balaban J connectivity index is 2.00. The van der Waals surface area contributed by atoms with Crippen LogP contribution in [0.4, 0.5) is 10.5 Å². The lowest BCUT2D eigenvalue weighted by Crippen LogP contribution is -2.46. The summed E-state index contributed by atoms with van der Waals surface area (Å²) in [6.07, 6.45) is -1.21. The van der Waals surface area contributed by atoms with E-state index in [2.05, 4.69) is 10.6 Å². The molecule has 0 fully saturated rings. The molecule has 164 valence electrons. The zero-order valence-corrected chi connectivity index (χ0v) is 17.6. The maximum absolute atomic E-state index is 12.2. The molecular weight excluding hydrogens is 430 g/mol. The van der Waals surface area contributed by atoms with Gasteiger partial charge in [-0.3, -0.25) is 20.2 Å². The SMILES string of the molecule is CC(C)NC(=O)NC(=O)C(C)OC(=O)c1ccc(Oc2ccc(Cl)cc2[N+](=O)[O-])cc1. The van der Waals surface area contributed by atoms with E-state index in [9.17, 15) is 24.5 Å². The molecule has 0 aromatic heterocycles. The monoisotopic (exact) mass is 449 g/mol. The van der Waals surface area contributed by atoms with E-state index < -0.39 is 28.9 Å². The lowest BCUT2D eigenvalue weighted by molar-refractivity contribution is -0.385. The van der Waals surface area contributed by atoms with Gasteiger partial charge in [0.15, 0.2) is 6.10 Å². The second kappa shape index (κ2) is 10.4. The molecule has 0 aliphatic carbocycles. The van der Waals surface area contributed by atoms with E-state index in [1.54, 1.807) is 13.8 Å². The van der Waals surface area contributed by atoms with Crippen LogP contribution in [0.2, 0.25) is 5.02 Å². The van der Waals surface area contributed by atoms with E-state index in [0.717, 1.165) is 6.07 Å². The molecule has 2 rings (SSSR count). The van der Waals surface area contributed by atoms with Crippen LogP contribution in [0.3, 0.4) is 0 Å².